The molecule has 0 spiro atoms. The van der Waals surface area contributed by atoms with Crippen LogP contribution in [0.3, 0.4) is 0 Å². The zero-order chi connectivity index (χ0) is 55.6. The Morgan fingerprint density at radius 3 is 1.32 bits per heavy atom. The molecule has 3 amide bonds. The molecule has 0 aliphatic heterocycles. The summed E-state index contributed by atoms with van der Waals surface area (Å²) in [6.45, 7) is 15.7. The van der Waals surface area contributed by atoms with Crippen molar-refractivity contribution in [3.05, 3.63) is 228 Å². The number of amides is 3. The lowest BCUT2D eigenvalue weighted by Gasteiger charge is -2.42. The minimum Gasteiger partial charge on any atom is -0.481 e. The first kappa shape index (κ1) is 60.0. The highest BCUT2D eigenvalue weighted by Crippen LogP contribution is 2.50. The monoisotopic (exact) mass is 1090 g/mol. The smallest absolute Gasteiger partial charge is 0.306 e. The lowest BCUT2D eigenvalue weighted by atomic mass is 9.84. The molecule has 6 aromatic rings. The zero-order valence-corrected chi connectivity index (χ0v) is 48.4. The van der Waals surface area contributed by atoms with Gasteiger partial charge in [0.15, 0.2) is 8.32 Å². The van der Waals surface area contributed by atoms with Crippen LogP contribution in [0.15, 0.2) is 194 Å². The van der Waals surface area contributed by atoms with Crippen molar-refractivity contribution in [3.63, 3.8) is 0 Å². The number of aliphatic hydroxyl groups is 1. The molecular weight excluding hydrogens is 1010 g/mol. The van der Waals surface area contributed by atoms with E-state index in [-0.39, 0.29) is 29.6 Å². The fourth-order valence-electron chi connectivity index (χ4n) is 9.31. The van der Waals surface area contributed by atoms with E-state index in [4.69, 9.17) is 4.43 Å². The van der Waals surface area contributed by atoms with Crippen LogP contribution in [0, 0.1) is 5.92 Å². The summed E-state index contributed by atoms with van der Waals surface area (Å²) in [7, 11) is -2.55. The molecule has 0 heterocycles. The number of thioether (sulfide) groups is 2. The normalized spacial score (nSPS) is 14.3. The third kappa shape index (κ3) is 15.7. The van der Waals surface area contributed by atoms with Crippen LogP contribution in [-0.2, 0) is 33.1 Å². The summed E-state index contributed by atoms with van der Waals surface area (Å²) in [6, 6.07) is 58.4. The topological polar surface area (TPSA) is 154 Å². The van der Waals surface area contributed by atoms with Crippen LogP contribution in [0.5, 0.6) is 0 Å². The van der Waals surface area contributed by atoms with Crippen LogP contribution < -0.4 is 16.0 Å². The first-order chi connectivity index (χ1) is 36.8. The molecule has 13 heteroatoms. The van der Waals surface area contributed by atoms with Gasteiger partial charge in [0.1, 0.15) is 12.1 Å². The number of hydrogen-bond donors (Lipinski definition) is 5. The maximum Gasteiger partial charge on any atom is 0.306 e. The molecule has 0 saturated heterocycles. The van der Waals surface area contributed by atoms with Crippen LogP contribution >= 0.6 is 23.5 Å². The minimum absolute atomic E-state index is 0.0688. The highest BCUT2D eigenvalue weighted by Gasteiger charge is 2.44. The number of carboxylic acid groups (broad SMARTS) is 1. The molecule has 10 nitrogen and oxygen atoms in total. The molecular formula is C64H77N3O7S2Si. The highest BCUT2D eigenvalue weighted by atomic mass is 32.2. The van der Waals surface area contributed by atoms with Gasteiger partial charge in [-0.25, -0.2) is 0 Å². The summed E-state index contributed by atoms with van der Waals surface area (Å²) < 4.78 is 5.44. The Morgan fingerprint density at radius 2 is 0.961 bits per heavy atom. The molecule has 5 N–H and O–H groups in total. The first-order valence-corrected chi connectivity index (χ1v) is 31.4. The van der Waals surface area contributed by atoms with Crippen molar-refractivity contribution >= 4 is 55.5 Å². The van der Waals surface area contributed by atoms with Gasteiger partial charge in [0.05, 0.1) is 40.6 Å². The standard InChI is InChI=1S/C64H77N3O7S2Si/c1-46(2)59(56(44-58(70)71)74-77(7,8)62(4,5)6)67-61(73)55(45-76-64(51-35-21-12-22-36-51,52-37-23-13-24-38-52)53-39-25-14-26-40-53)66-60(72)47(3)65-57(69)43-54(68)41-27-28-42-75-63(48-29-15-9-16-30-48,49-31-17-10-18-32-49)50-33-19-11-20-34-50/h9-27,29-41,46-47,54-56,59,68H,28,42-45H2,1-8H3,(H,65,69)(H,66,72)(H,67,73)(H,70,71)/b41-27+/t47-,54-,55-,56+,59-/m1/s1. The van der Waals surface area contributed by atoms with Gasteiger partial charge in [-0.1, -0.05) is 229 Å². The fraction of sp³-hybridized carbons (Fsp3) is 0.344. The SMILES string of the molecule is CC(C)[C@@H](NC(=O)[C@@H](CSC(c1ccccc1)(c1ccccc1)c1ccccc1)NC(=O)[C@@H](C)NC(=O)C[C@H](O)/C=C/CCSC(c1ccccc1)(c1ccccc1)c1ccccc1)[C@H](CC(=O)O)O[Si](C)(C)C(C)(C)C. The van der Waals surface area contributed by atoms with Crippen LogP contribution in [0.4, 0.5) is 0 Å². The van der Waals surface area contributed by atoms with E-state index in [1.54, 1.807) is 13.0 Å². The fourth-order valence-corrected chi connectivity index (χ4v) is 13.7. The molecule has 0 bridgehead atoms. The number of hydrogen-bond acceptors (Lipinski definition) is 8. The van der Waals surface area contributed by atoms with Gasteiger partial charge in [-0.2, -0.15) is 0 Å². The van der Waals surface area contributed by atoms with Crippen molar-refractivity contribution in [2.45, 2.75) is 119 Å². The summed E-state index contributed by atoms with van der Waals surface area (Å²) in [4.78, 5) is 55.4. The molecule has 6 rings (SSSR count). The van der Waals surface area contributed by atoms with Crippen molar-refractivity contribution in [3.8, 4) is 0 Å². The summed E-state index contributed by atoms with van der Waals surface area (Å²) in [5.41, 5.74) is 6.35. The summed E-state index contributed by atoms with van der Waals surface area (Å²) in [5.74, 6) is -2.19. The van der Waals surface area contributed by atoms with E-state index in [1.165, 1.54) is 11.8 Å². The van der Waals surface area contributed by atoms with E-state index in [0.29, 0.717) is 12.2 Å². The van der Waals surface area contributed by atoms with Crippen LogP contribution in [0.25, 0.3) is 0 Å². The number of carbonyl (C=O) groups is 4. The number of aliphatic hydroxyl groups excluding tert-OH is 1. The van der Waals surface area contributed by atoms with Crippen molar-refractivity contribution in [1.29, 1.82) is 0 Å². The van der Waals surface area contributed by atoms with E-state index in [0.717, 1.165) is 33.4 Å². The van der Waals surface area contributed by atoms with Gasteiger partial charge in [-0.3, -0.25) is 19.2 Å². The van der Waals surface area contributed by atoms with E-state index in [2.05, 4.69) is 159 Å². The Hall–Kier alpha value is -6.22. The molecule has 406 valence electrons. The maximum absolute atomic E-state index is 15.0. The van der Waals surface area contributed by atoms with Gasteiger partial charge in [0, 0.05) is 5.75 Å². The van der Waals surface area contributed by atoms with Crippen molar-refractivity contribution in [2.24, 2.45) is 5.92 Å². The number of carbonyl (C=O) groups excluding carboxylic acids is 3. The second-order valence-corrected chi connectivity index (χ2v) is 28.6. The van der Waals surface area contributed by atoms with E-state index < -0.39 is 71.8 Å². The Balaban J connectivity index is 1.20. The van der Waals surface area contributed by atoms with Gasteiger partial charge in [-0.15, -0.1) is 23.5 Å². The average Bonchev–Trinajstić information content (AvgIpc) is 3.44. The second kappa shape index (κ2) is 27.9. The van der Waals surface area contributed by atoms with E-state index in [1.807, 2.05) is 104 Å². The largest absolute Gasteiger partial charge is 0.481 e. The number of rotatable bonds is 27. The van der Waals surface area contributed by atoms with Crippen LogP contribution in [0.2, 0.25) is 18.1 Å². The molecule has 0 saturated carbocycles. The van der Waals surface area contributed by atoms with Crippen LogP contribution in [0.1, 0.15) is 94.2 Å². The predicted molar refractivity (Wildman–Crippen MR) is 318 cm³/mol. The summed E-state index contributed by atoms with van der Waals surface area (Å²) in [6.07, 6.45) is 1.53. The molecule has 5 atom stereocenters. The predicted octanol–water partition coefficient (Wildman–Crippen LogP) is 12.1. The zero-order valence-electron chi connectivity index (χ0n) is 45.7. The maximum atomic E-state index is 15.0. The first-order valence-electron chi connectivity index (χ1n) is 26.5. The van der Waals surface area contributed by atoms with Gasteiger partial charge < -0.3 is 30.6 Å². The lowest BCUT2D eigenvalue weighted by Crippen LogP contribution is -2.59. The highest BCUT2D eigenvalue weighted by molar-refractivity contribution is 8.00. The van der Waals surface area contributed by atoms with Crippen molar-refractivity contribution in [1.82, 2.24) is 16.0 Å². The number of allylic oxidation sites excluding steroid dienone is 1. The second-order valence-electron chi connectivity index (χ2n) is 21.3. The van der Waals surface area contributed by atoms with Crippen molar-refractivity contribution in [2.75, 3.05) is 11.5 Å². The summed E-state index contributed by atoms with van der Waals surface area (Å²) in [5, 5.41) is 29.9. The Morgan fingerprint density at radius 1 is 0.571 bits per heavy atom. The third-order valence-corrected chi connectivity index (χ3v) is 22.1. The average molecular weight is 1090 g/mol. The number of aliphatic carboxylic acids is 1. The van der Waals surface area contributed by atoms with Gasteiger partial charge in [0.2, 0.25) is 17.7 Å². The summed E-state index contributed by atoms with van der Waals surface area (Å²) >= 11 is 3.30. The molecule has 0 aromatic heterocycles. The Kier molecular flexibility index (Phi) is 21.7. The molecule has 0 aliphatic carbocycles. The molecule has 0 radical (unpaired) electrons. The molecule has 0 unspecified atom stereocenters. The van der Waals surface area contributed by atoms with Gasteiger partial charge >= 0.3 is 5.97 Å². The third-order valence-electron chi connectivity index (χ3n) is 14.4. The minimum atomic E-state index is -2.55. The quantitative estimate of drug-likeness (QED) is 0.0147. The Bertz CT molecular complexity index is 2630. The van der Waals surface area contributed by atoms with Gasteiger partial charge in [0.25, 0.3) is 0 Å². The van der Waals surface area contributed by atoms with E-state index in [9.17, 15) is 24.6 Å². The van der Waals surface area contributed by atoms with Gasteiger partial charge in [-0.05, 0) is 76.5 Å². The number of nitrogens with one attached hydrogen (secondary N) is 3. The van der Waals surface area contributed by atoms with E-state index >= 15 is 4.79 Å². The lowest BCUT2D eigenvalue weighted by molar-refractivity contribution is -0.140. The molecule has 6 aromatic carbocycles. The Labute approximate surface area is 466 Å². The number of benzene rings is 6. The molecule has 0 fully saturated rings. The van der Waals surface area contributed by atoms with Crippen molar-refractivity contribution < 1.29 is 33.8 Å². The molecule has 0 aliphatic rings. The molecule has 77 heavy (non-hydrogen) atoms. The van der Waals surface area contributed by atoms with Crippen LogP contribution in [-0.4, -0.2) is 84.1 Å². The number of carboxylic acids is 1.